The third-order valence-electron chi connectivity index (χ3n) is 4.22. The molecule has 0 radical (unpaired) electrons. The first-order chi connectivity index (χ1) is 10.5. The van der Waals surface area contributed by atoms with Gasteiger partial charge in [-0.1, -0.05) is 45.2 Å². The number of ether oxygens (including phenoxy) is 1. The van der Waals surface area contributed by atoms with Crippen LogP contribution in [-0.2, 0) is 4.79 Å². The molecule has 1 aromatic carbocycles. The topological polar surface area (TPSA) is 62.1 Å². The number of carbonyl (C=O) groups excluding carboxylic acids is 1. The van der Waals surface area contributed by atoms with Crippen LogP contribution < -0.4 is 10.1 Å². The summed E-state index contributed by atoms with van der Waals surface area (Å²) in [6.45, 7) is 4.22. The van der Waals surface area contributed by atoms with Gasteiger partial charge in [-0.3, -0.25) is 4.79 Å². The van der Waals surface area contributed by atoms with Gasteiger partial charge in [0.1, 0.15) is 11.3 Å². The monoisotopic (exact) mass is 300 g/mol. The molecule has 0 bridgehead atoms. The molecule has 4 nitrogen and oxygen atoms in total. The highest BCUT2D eigenvalue weighted by molar-refractivity contribution is 5.78. The van der Waals surface area contributed by atoms with Crippen LogP contribution in [-0.4, -0.2) is 18.1 Å². The van der Waals surface area contributed by atoms with Gasteiger partial charge < -0.3 is 10.1 Å². The predicted octanol–water partition coefficient (Wildman–Crippen LogP) is 3.53. The molecule has 1 fully saturated rings. The van der Waals surface area contributed by atoms with E-state index in [9.17, 15) is 10.1 Å². The van der Waals surface area contributed by atoms with Crippen LogP contribution in [0.3, 0.4) is 0 Å². The third-order valence-corrected chi connectivity index (χ3v) is 4.22. The average Bonchev–Trinajstić information content (AvgIpc) is 2.54. The largest absolute Gasteiger partial charge is 0.484 e. The standard InChI is InChI=1S/C18H24N2O2/c1-14(2)15-6-8-16(9-7-15)22-12-17(21)20-18(13-19)10-4-3-5-11-18/h6-9,14H,3-5,10-12H2,1-2H3,(H,20,21). The van der Waals surface area contributed by atoms with Crippen LogP contribution in [0.15, 0.2) is 24.3 Å². The zero-order chi connectivity index (χ0) is 16.0. The highest BCUT2D eigenvalue weighted by atomic mass is 16.5. The lowest BCUT2D eigenvalue weighted by Crippen LogP contribution is -2.50. The van der Waals surface area contributed by atoms with Crippen molar-refractivity contribution in [3.8, 4) is 11.8 Å². The Balaban J connectivity index is 1.86. The van der Waals surface area contributed by atoms with E-state index in [2.05, 4.69) is 25.2 Å². The first kappa shape index (κ1) is 16.4. The Labute approximate surface area is 132 Å². The molecule has 0 aromatic heterocycles. The number of nitriles is 1. The minimum Gasteiger partial charge on any atom is -0.484 e. The summed E-state index contributed by atoms with van der Waals surface area (Å²) in [7, 11) is 0. The normalized spacial score (nSPS) is 16.8. The third kappa shape index (κ3) is 4.24. The molecule has 0 spiro atoms. The zero-order valence-electron chi connectivity index (χ0n) is 13.4. The number of nitrogens with zero attached hydrogens (tertiary/aromatic N) is 1. The fraction of sp³-hybridized carbons (Fsp3) is 0.556. The van der Waals surface area contributed by atoms with Gasteiger partial charge in [-0.05, 0) is 36.5 Å². The van der Waals surface area contributed by atoms with Crippen molar-refractivity contribution in [3.63, 3.8) is 0 Å². The summed E-state index contributed by atoms with van der Waals surface area (Å²) in [4.78, 5) is 12.0. The lowest BCUT2D eigenvalue weighted by atomic mass is 9.83. The molecule has 1 N–H and O–H groups in total. The van der Waals surface area contributed by atoms with E-state index >= 15 is 0 Å². The van der Waals surface area contributed by atoms with Crippen LogP contribution in [0.25, 0.3) is 0 Å². The van der Waals surface area contributed by atoms with E-state index in [4.69, 9.17) is 4.74 Å². The predicted molar refractivity (Wildman–Crippen MR) is 85.6 cm³/mol. The lowest BCUT2D eigenvalue weighted by Gasteiger charge is -2.31. The fourth-order valence-electron chi connectivity index (χ4n) is 2.82. The Morgan fingerprint density at radius 3 is 2.45 bits per heavy atom. The summed E-state index contributed by atoms with van der Waals surface area (Å²) in [6.07, 6.45) is 4.59. The second-order valence-electron chi connectivity index (χ2n) is 6.32. The van der Waals surface area contributed by atoms with Crippen LogP contribution in [0.1, 0.15) is 57.4 Å². The Morgan fingerprint density at radius 2 is 1.91 bits per heavy atom. The Bertz CT molecular complexity index is 537. The molecule has 1 aliphatic rings. The molecule has 1 amide bonds. The minimum atomic E-state index is -0.694. The average molecular weight is 300 g/mol. The van der Waals surface area contributed by atoms with Crippen molar-refractivity contribution in [1.29, 1.82) is 5.26 Å². The van der Waals surface area contributed by atoms with E-state index < -0.39 is 5.54 Å². The fourth-order valence-corrected chi connectivity index (χ4v) is 2.82. The molecule has 0 aliphatic heterocycles. The zero-order valence-corrected chi connectivity index (χ0v) is 13.4. The molecular weight excluding hydrogens is 276 g/mol. The highest BCUT2D eigenvalue weighted by Crippen LogP contribution is 2.27. The van der Waals surface area contributed by atoms with E-state index in [1.165, 1.54) is 5.56 Å². The molecule has 4 heteroatoms. The van der Waals surface area contributed by atoms with Crippen molar-refractivity contribution < 1.29 is 9.53 Å². The van der Waals surface area contributed by atoms with Gasteiger partial charge in [-0.2, -0.15) is 5.26 Å². The Morgan fingerprint density at radius 1 is 1.27 bits per heavy atom. The number of amides is 1. The lowest BCUT2D eigenvalue weighted by molar-refractivity contribution is -0.124. The molecule has 2 rings (SSSR count). The molecule has 0 heterocycles. The maximum absolute atomic E-state index is 12.0. The van der Waals surface area contributed by atoms with Crippen molar-refractivity contribution in [1.82, 2.24) is 5.32 Å². The summed E-state index contributed by atoms with van der Waals surface area (Å²) in [6, 6.07) is 10.1. The first-order valence-corrected chi connectivity index (χ1v) is 8.00. The van der Waals surface area contributed by atoms with Gasteiger partial charge in [0, 0.05) is 0 Å². The van der Waals surface area contributed by atoms with Crippen molar-refractivity contribution in [2.75, 3.05) is 6.61 Å². The number of benzene rings is 1. The molecule has 118 valence electrons. The van der Waals surface area contributed by atoms with Crippen molar-refractivity contribution in [2.45, 2.75) is 57.4 Å². The smallest absolute Gasteiger partial charge is 0.259 e. The number of hydrogen-bond acceptors (Lipinski definition) is 3. The van der Waals surface area contributed by atoms with Crippen LogP contribution in [0.4, 0.5) is 0 Å². The molecule has 22 heavy (non-hydrogen) atoms. The van der Waals surface area contributed by atoms with Crippen molar-refractivity contribution >= 4 is 5.91 Å². The van der Waals surface area contributed by atoms with E-state index in [-0.39, 0.29) is 12.5 Å². The number of carbonyl (C=O) groups is 1. The maximum atomic E-state index is 12.0. The van der Waals surface area contributed by atoms with Crippen molar-refractivity contribution in [2.24, 2.45) is 0 Å². The van der Waals surface area contributed by atoms with E-state index in [0.29, 0.717) is 11.7 Å². The molecule has 0 saturated heterocycles. The molecule has 0 unspecified atom stereocenters. The number of hydrogen-bond donors (Lipinski definition) is 1. The van der Waals surface area contributed by atoms with Gasteiger partial charge in [0.15, 0.2) is 6.61 Å². The maximum Gasteiger partial charge on any atom is 0.259 e. The van der Waals surface area contributed by atoms with Crippen molar-refractivity contribution in [3.05, 3.63) is 29.8 Å². The van der Waals surface area contributed by atoms with E-state index in [1.807, 2.05) is 24.3 Å². The summed E-state index contributed by atoms with van der Waals surface area (Å²) < 4.78 is 5.51. The van der Waals surface area contributed by atoms with Gasteiger partial charge in [0.2, 0.25) is 0 Å². The Hall–Kier alpha value is -2.02. The van der Waals surface area contributed by atoms with Gasteiger partial charge in [-0.25, -0.2) is 0 Å². The molecule has 0 atom stereocenters. The van der Waals surface area contributed by atoms with Crippen LogP contribution in [0, 0.1) is 11.3 Å². The number of nitrogens with one attached hydrogen (secondary N) is 1. The van der Waals surface area contributed by atoms with Gasteiger partial charge in [-0.15, -0.1) is 0 Å². The minimum absolute atomic E-state index is 0.0511. The van der Waals surface area contributed by atoms with E-state index in [1.54, 1.807) is 0 Å². The van der Waals surface area contributed by atoms with Gasteiger partial charge in [0.25, 0.3) is 5.91 Å². The van der Waals surface area contributed by atoms with E-state index in [0.717, 1.165) is 32.1 Å². The van der Waals surface area contributed by atoms with Gasteiger partial charge >= 0.3 is 0 Å². The summed E-state index contributed by atoms with van der Waals surface area (Å²) in [5.41, 5.74) is 0.544. The Kier molecular flexibility index (Phi) is 5.43. The molecular formula is C18H24N2O2. The summed E-state index contributed by atoms with van der Waals surface area (Å²) in [5, 5.41) is 12.2. The quantitative estimate of drug-likeness (QED) is 0.904. The molecule has 1 saturated carbocycles. The molecule has 1 aromatic rings. The van der Waals surface area contributed by atoms with Gasteiger partial charge in [0.05, 0.1) is 6.07 Å². The summed E-state index contributed by atoms with van der Waals surface area (Å²) >= 11 is 0. The first-order valence-electron chi connectivity index (χ1n) is 8.00. The number of rotatable bonds is 5. The molecule has 1 aliphatic carbocycles. The second kappa shape index (κ2) is 7.31. The summed E-state index contributed by atoms with van der Waals surface area (Å²) in [5.74, 6) is 0.921. The van der Waals surface area contributed by atoms with Crippen LogP contribution in [0.5, 0.6) is 5.75 Å². The second-order valence-corrected chi connectivity index (χ2v) is 6.32. The van der Waals surface area contributed by atoms with Crippen LogP contribution in [0.2, 0.25) is 0 Å². The SMILES string of the molecule is CC(C)c1ccc(OCC(=O)NC2(C#N)CCCCC2)cc1. The highest BCUT2D eigenvalue weighted by Gasteiger charge is 2.33. The van der Waals surface area contributed by atoms with Crippen LogP contribution >= 0.6 is 0 Å².